The van der Waals surface area contributed by atoms with Crippen LogP contribution in [-0.2, 0) is 0 Å². The molecule has 1 unspecified atom stereocenters. The molecule has 6 heteroatoms. The molecule has 1 saturated carbocycles. The highest BCUT2D eigenvalue weighted by atomic mass is 19.4. The average molecular weight is 305 g/mol. The second-order valence-corrected chi connectivity index (χ2v) is 6.50. The van der Waals surface area contributed by atoms with E-state index < -0.39 is 18.3 Å². The van der Waals surface area contributed by atoms with Gasteiger partial charge in [0.2, 0.25) is 0 Å². The highest BCUT2D eigenvalue weighted by Crippen LogP contribution is 2.25. The van der Waals surface area contributed by atoms with Gasteiger partial charge >= 0.3 is 6.18 Å². The van der Waals surface area contributed by atoms with E-state index in [0.29, 0.717) is 25.4 Å². The molecule has 1 fully saturated rings. The monoisotopic (exact) mass is 305 g/mol. The van der Waals surface area contributed by atoms with E-state index in [-0.39, 0.29) is 6.04 Å². The van der Waals surface area contributed by atoms with Crippen molar-refractivity contribution in [1.29, 1.82) is 5.26 Å². The first-order chi connectivity index (χ1) is 9.65. The number of rotatable bonds is 9. The van der Waals surface area contributed by atoms with Gasteiger partial charge in [-0.3, -0.25) is 10.2 Å². The molecule has 1 aliphatic rings. The lowest BCUT2D eigenvalue weighted by molar-refractivity contribution is -0.149. The van der Waals surface area contributed by atoms with Crippen LogP contribution in [0.15, 0.2) is 0 Å². The van der Waals surface area contributed by atoms with Gasteiger partial charge in [0.1, 0.15) is 5.54 Å². The summed E-state index contributed by atoms with van der Waals surface area (Å²) in [5.41, 5.74) is -0.548. The maximum Gasteiger partial charge on any atom is 0.401 e. The zero-order valence-corrected chi connectivity index (χ0v) is 13.1. The molecule has 3 nitrogen and oxygen atoms in total. The molecule has 1 rings (SSSR count). The van der Waals surface area contributed by atoms with E-state index in [2.05, 4.69) is 11.4 Å². The Kier molecular flexibility index (Phi) is 6.48. The molecule has 21 heavy (non-hydrogen) atoms. The van der Waals surface area contributed by atoms with E-state index in [0.717, 1.165) is 19.3 Å². The molecule has 122 valence electrons. The van der Waals surface area contributed by atoms with Gasteiger partial charge in [0.05, 0.1) is 12.6 Å². The lowest BCUT2D eigenvalue weighted by Crippen LogP contribution is -2.43. The Morgan fingerprint density at radius 3 is 2.33 bits per heavy atom. The fraction of sp³-hybridized carbons (Fsp3) is 0.933. The van der Waals surface area contributed by atoms with E-state index in [9.17, 15) is 18.4 Å². The SMILES string of the molecule is CC(C)N(CCCCC(C)(C#N)NC1CC1)CC(F)(F)F. The van der Waals surface area contributed by atoms with Crippen LogP contribution in [0.1, 0.15) is 52.9 Å². The average Bonchev–Trinajstić information content (AvgIpc) is 3.15. The lowest BCUT2D eigenvalue weighted by Gasteiger charge is -2.28. The zero-order chi connectivity index (χ0) is 16.1. The Morgan fingerprint density at radius 2 is 1.90 bits per heavy atom. The topological polar surface area (TPSA) is 39.1 Å². The third kappa shape index (κ3) is 7.68. The number of halogens is 3. The Labute approximate surface area is 125 Å². The van der Waals surface area contributed by atoms with Gasteiger partial charge < -0.3 is 0 Å². The summed E-state index contributed by atoms with van der Waals surface area (Å²) >= 11 is 0. The third-order valence-corrected chi connectivity index (χ3v) is 3.83. The smallest absolute Gasteiger partial charge is 0.297 e. The van der Waals surface area contributed by atoms with Gasteiger partial charge in [0, 0.05) is 12.1 Å². The quantitative estimate of drug-likeness (QED) is 0.663. The molecular weight excluding hydrogens is 279 g/mol. The second-order valence-electron chi connectivity index (χ2n) is 6.50. The van der Waals surface area contributed by atoms with Gasteiger partial charge in [-0.2, -0.15) is 18.4 Å². The molecule has 0 heterocycles. The first-order valence-electron chi connectivity index (χ1n) is 7.65. The summed E-state index contributed by atoms with van der Waals surface area (Å²) in [5.74, 6) is 0. The number of nitriles is 1. The van der Waals surface area contributed by atoms with Gasteiger partial charge in [-0.25, -0.2) is 0 Å². The largest absolute Gasteiger partial charge is 0.401 e. The predicted octanol–water partition coefficient (Wildman–Crippen LogP) is 3.46. The van der Waals surface area contributed by atoms with Crippen LogP contribution in [0.25, 0.3) is 0 Å². The van der Waals surface area contributed by atoms with Crippen molar-refractivity contribution in [2.24, 2.45) is 0 Å². The highest BCUT2D eigenvalue weighted by molar-refractivity contribution is 5.06. The van der Waals surface area contributed by atoms with Crippen molar-refractivity contribution in [3.63, 3.8) is 0 Å². The predicted molar refractivity (Wildman–Crippen MR) is 76.8 cm³/mol. The van der Waals surface area contributed by atoms with E-state index >= 15 is 0 Å². The van der Waals surface area contributed by atoms with Gasteiger partial charge in [-0.1, -0.05) is 0 Å². The summed E-state index contributed by atoms with van der Waals surface area (Å²) in [6.45, 7) is 4.99. The summed E-state index contributed by atoms with van der Waals surface area (Å²) in [7, 11) is 0. The maximum atomic E-state index is 12.5. The number of hydrogen-bond donors (Lipinski definition) is 1. The van der Waals surface area contributed by atoms with E-state index in [1.807, 2.05) is 6.92 Å². The van der Waals surface area contributed by atoms with Crippen LogP contribution in [0.4, 0.5) is 13.2 Å². The van der Waals surface area contributed by atoms with E-state index in [1.165, 1.54) is 4.90 Å². The van der Waals surface area contributed by atoms with Crippen LogP contribution in [0.3, 0.4) is 0 Å². The molecule has 0 aromatic rings. The third-order valence-electron chi connectivity index (χ3n) is 3.83. The fourth-order valence-corrected chi connectivity index (χ4v) is 2.38. The van der Waals surface area contributed by atoms with Gasteiger partial charge in [0.25, 0.3) is 0 Å². The minimum Gasteiger partial charge on any atom is -0.297 e. The zero-order valence-electron chi connectivity index (χ0n) is 13.1. The Hall–Kier alpha value is -0.800. The maximum absolute atomic E-state index is 12.5. The Morgan fingerprint density at radius 1 is 1.29 bits per heavy atom. The van der Waals surface area contributed by atoms with Crippen molar-refractivity contribution in [1.82, 2.24) is 10.2 Å². The number of nitrogens with zero attached hydrogens (tertiary/aromatic N) is 2. The van der Waals surface area contributed by atoms with Gasteiger partial charge in [-0.05, 0) is 59.4 Å². The molecule has 0 aliphatic heterocycles. The first-order valence-corrected chi connectivity index (χ1v) is 7.65. The van der Waals surface area contributed by atoms with Crippen molar-refractivity contribution < 1.29 is 13.2 Å². The van der Waals surface area contributed by atoms with Gasteiger partial charge in [0.15, 0.2) is 0 Å². The van der Waals surface area contributed by atoms with Crippen molar-refractivity contribution in [3.8, 4) is 6.07 Å². The summed E-state index contributed by atoms with van der Waals surface area (Å²) in [4.78, 5) is 1.44. The molecular formula is C15H26F3N3. The first kappa shape index (κ1) is 18.2. The lowest BCUT2D eigenvalue weighted by atomic mass is 9.96. The number of unbranched alkanes of at least 4 members (excludes halogenated alkanes) is 1. The fourth-order valence-electron chi connectivity index (χ4n) is 2.38. The van der Waals surface area contributed by atoms with Crippen molar-refractivity contribution in [2.75, 3.05) is 13.1 Å². The summed E-state index contributed by atoms with van der Waals surface area (Å²) < 4.78 is 37.4. The molecule has 1 aliphatic carbocycles. The van der Waals surface area contributed by atoms with Crippen molar-refractivity contribution in [2.45, 2.75) is 76.7 Å². The Balaban J connectivity index is 2.31. The normalized spacial score (nSPS) is 18.8. The number of alkyl halides is 3. The molecule has 0 saturated heterocycles. The van der Waals surface area contributed by atoms with Crippen molar-refractivity contribution >= 4 is 0 Å². The molecule has 0 amide bonds. The van der Waals surface area contributed by atoms with E-state index in [1.54, 1.807) is 13.8 Å². The molecule has 0 aromatic heterocycles. The van der Waals surface area contributed by atoms with Crippen LogP contribution in [0, 0.1) is 11.3 Å². The molecule has 0 bridgehead atoms. The van der Waals surface area contributed by atoms with Gasteiger partial charge in [-0.15, -0.1) is 0 Å². The number of nitrogens with one attached hydrogen (secondary N) is 1. The van der Waals surface area contributed by atoms with E-state index in [4.69, 9.17) is 0 Å². The Bertz CT molecular complexity index is 358. The molecule has 1 N–H and O–H groups in total. The minimum atomic E-state index is -4.15. The molecule has 0 aromatic carbocycles. The van der Waals surface area contributed by atoms with Crippen molar-refractivity contribution in [3.05, 3.63) is 0 Å². The van der Waals surface area contributed by atoms with Crippen LogP contribution in [0.2, 0.25) is 0 Å². The summed E-state index contributed by atoms with van der Waals surface area (Å²) in [6.07, 6.45) is 0.188. The molecule has 1 atom stereocenters. The number of hydrogen-bond acceptors (Lipinski definition) is 3. The van der Waals surface area contributed by atoms with Crippen LogP contribution >= 0.6 is 0 Å². The second kappa shape index (κ2) is 7.46. The highest BCUT2D eigenvalue weighted by Gasteiger charge is 2.33. The summed E-state index contributed by atoms with van der Waals surface area (Å²) in [5, 5.41) is 12.6. The minimum absolute atomic E-state index is 0.126. The molecule has 0 radical (unpaired) electrons. The molecule has 0 spiro atoms. The van der Waals surface area contributed by atoms with Crippen LogP contribution in [-0.4, -0.2) is 41.8 Å². The van der Waals surface area contributed by atoms with Crippen LogP contribution in [0.5, 0.6) is 0 Å². The van der Waals surface area contributed by atoms with Crippen LogP contribution < -0.4 is 5.32 Å². The summed E-state index contributed by atoms with van der Waals surface area (Å²) in [6, 6.07) is 2.62. The standard InChI is InChI=1S/C15H26F3N3/c1-12(2)21(11-15(16,17)18)9-5-4-8-14(3,10-19)20-13-6-7-13/h12-13,20H,4-9,11H2,1-3H3.